The van der Waals surface area contributed by atoms with E-state index in [1.165, 1.54) is 11.3 Å². The summed E-state index contributed by atoms with van der Waals surface area (Å²) in [6.07, 6.45) is 1.49. The minimum Gasteiger partial charge on any atom is -0.328 e. The van der Waals surface area contributed by atoms with E-state index in [1.54, 1.807) is 14.1 Å². The van der Waals surface area contributed by atoms with E-state index in [2.05, 4.69) is 4.84 Å². The predicted octanol–water partition coefficient (Wildman–Crippen LogP) is -0.0393. The summed E-state index contributed by atoms with van der Waals surface area (Å²) < 4.78 is 0. The van der Waals surface area contributed by atoms with Gasteiger partial charge in [0.05, 0.1) is 0 Å². The molecule has 34 valence electrons. The molecule has 0 spiro atoms. The summed E-state index contributed by atoms with van der Waals surface area (Å²) in [4.78, 5) is 4.18. The predicted molar refractivity (Wildman–Crippen MR) is 20.4 cm³/mol. The number of hydrogen-bond donors (Lipinski definition) is 0. The Morgan fingerprint density at radius 2 is 2.17 bits per heavy atom. The molecule has 6 heavy (non-hydrogen) atoms. The molecule has 0 bridgehead atoms. The van der Waals surface area contributed by atoms with Gasteiger partial charge in [0.2, 0.25) is 0 Å². The van der Waals surface area contributed by atoms with E-state index in [1.807, 2.05) is 0 Å². The molecule has 3 heteroatoms. The smallest absolute Gasteiger partial charge is 0.307 e. The number of hydrogen-bond acceptors (Lipinski definition) is 3. The SMILES string of the molecule is CN(C)OC#N. The van der Waals surface area contributed by atoms with Crippen molar-refractivity contribution in [2.75, 3.05) is 14.1 Å². The van der Waals surface area contributed by atoms with Gasteiger partial charge in [0.15, 0.2) is 0 Å². The minimum absolute atomic E-state index is 1.32. The van der Waals surface area contributed by atoms with Crippen molar-refractivity contribution in [2.24, 2.45) is 0 Å². The lowest BCUT2D eigenvalue weighted by atomic mass is 11.2. The van der Waals surface area contributed by atoms with Gasteiger partial charge in [-0.1, -0.05) is 0 Å². The quantitative estimate of drug-likeness (QED) is 0.332. The highest BCUT2D eigenvalue weighted by Crippen LogP contribution is 1.68. The normalized spacial score (nSPS) is 7.67. The lowest BCUT2D eigenvalue weighted by molar-refractivity contribution is -0.0403. The zero-order chi connectivity index (χ0) is 4.99. The molecule has 0 unspecified atom stereocenters. The summed E-state index contributed by atoms with van der Waals surface area (Å²) in [5, 5.41) is 9.04. The van der Waals surface area contributed by atoms with Crippen molar-refractivity contribution in [1.82, 2.24) is 5.06 Å². The van der Waals surface area contributed by atoms with Crippen LogP contribution in [0.3, 0.4) is 0 Å². The van der Waals surface area contributed by atoms with Gasteiger partial charge in [-0.05, 0) is 0 Å². The van der Waals surface area contributed by atoms with E-state index < -0.39 is 0 Å². The Hall–Kier alpha value is -0.750. The molecule has 0 fully saturated rings. The third kappa shape index (κ3) is 3.25. The van der Waals surface area contributed by atoms with Crippen LogP contribution in [0.25, 0.3) is 0 Å². The molecule has 0 saturated heterocycles. The van der Waals surface area contributed by atoms with Crippen LogP contribution in [0.1, 0.15) is 0 Å². The molecule has 3 nitrogen and oxygen atoms in total. The van der Waals surface area contributed by atoms with Crippen LogP contribution in [0, 0.1) is 11.5 Å². The summed E-state index contributed by atoms with van der Waals surface area (Å²) in [5.41, 5.74) is 0. The summed E-state index contributed by atoms with van der Waals surface area (Å²) in [6.45, 7) is 0. The maximum Gasteiger partial charge on any atom is 0.307 e. The monoisotopic (exact) mass is 86.0 g/mol. The maximum atomic E-state index is 7.72. The Bertz CT molecular complexity index is 63.7. The second kappa shape index (κ2) is 2.49. The number of hydroxylamine groups is 2. The molecule has 0 aromatic heterocycles. The van der Waals surface area contributed by atoms with Crippen molar-refractivity contribution < 1.29 is 4.84 Å². The van der Waals surface area contributed by atoms with Gasteiger partial charge in [-0.3, -0.25) is 0 Å². The summed E-state index contributed by atoms with van der Waals surface area (Å²) >= 11 is 0. The van der Waals surface area contributed by atoms with Crippen LogP contribution in [-0.4, -0.2) is 19.2 Å². The summed E-state index contributed by atoms with van der Waals surface area (Å²) in [6, 6.07) is 0. The van der Waals surface area contributed by atoms with Crippen LogP contribution in [0.5, 0.6) is 0 Å². The van der Waals surface area contributed by atoms with Gasteiger partial charge in [-0.2, -0.15) is 0 Å². The van der Waals surface area contributed by atoms with Crippen molar-refractivity contribution in [3.05, 3.63) is 0 Å². The fourth-order valence-corrected chi connectivity index (χ4v) is 0.0816. The Morgan fingerprint density at radius 3 is 2.17 bits per heavy atom. The summed E-state index contributed by atoms with van der Waals surface area (Å²) in [7, 11) is 3.28. The van der Waals surface area contributed by atoms with Gasteiger partial charge in [0.1, 0.15) is 0 Å². The second-order valence-electron chi connectivity index (χ2n) is 0.995. The van der Waals surface area contributed by atoms with Crippen LogP contribution in [0.2, 0.25) is 0 Å². The first-order chi connectivity index (χ1) is 2.77. The molecule has 0 aliphatic heterocycles. The van der Waals surface area contributed by atoms with Crippen molar-refractivity contribution in [2.45, 2.75) is 0 Å². The number of nitriles is 1. The Balaban J connectivity index is 2.88. The maximum absolute atomic E-state index is 7.72. The van der Waals surface area contributed by atoms with Crippen molar-refractivity contribution in [3.63, 3.8) is 0 Å². The molecule has 0 aliphatic carbocycles. The lowest BCUT2D eigenvalue weighted by Crippen LogP contribution is -2.07. The number of rotatable bonds is 1. The van der Waals surface area contributed by atoms with Gasteiger partial charge in [-0.25, -0.2) is 0 Å². The zero-order valence-corrected chi connectivity index (χ0v) is 3.80. The molecule has 0 atom stereocenters. The third-order valence-corrected chi connectivity index (χ3v) is 0.223. The van der Waals surface area contributed by atoms with Crippen molar-refractivity contribution in [3.8, 4) is 6.26 Å². The molecular formula is C3H6N2O. The average Bonchev–Trinajstić information content (AvgIpc) is 1.35. The molecule has 0 heterocycles. The first-order valence-corrected chi connectivity index (χ1v) is 1.50. The van der Waals surface area contributed by atoms with E-state index in [9.17, 15) is 0 Å². The van der Waals surface area contributed by atoms with Gasteiger partial charge >= 0.3 is 6.26 Å². The van der Waals surface area contributed by atoms with Gasteiger partial charge in [0.25, 0.3) is 0 Å². The van der Waals surface area contributed by atoms with E-state index in [0.717, 1.165) is 0 Å². The lowest BCUT2D eigenvalue weighted by Gasteiger charge is -1.98. The Labute approximate surface area is 36.7 Å². The fourth-order valence-electron chi connectivity index (χ4n) is 0.0816. The second-order valence-corrected chi connectivity index (χ2v) is 0.995. The van der Waals surface area contributed by atoms with E-state index in [-0.39, 0.29) is 0 Å². The molecule has 0 amide bonds. The molecule has 0 saturated carbocycles. The van der Waals surface area contributed by atoms with E-state index >= 15 is 0 Å². The van der Waals surface area contributed by atoms with Gasteiger partial charge in [-0.15, -0.1) is 10.3 Å². The third-order valence-electron chi connectivity index (χ3n) is 0.223. The number of nitrogens with zero attached hydrogens (tertiary/aromatic N) is 2. The Kier molecular flexibility index (Phi) is 2.17. The highest BCUT2D eigenvalue weighted by atomic mass is 16.7. The molecule has 0 N–H and O–H groups in total. The summed E-state index contributed by atoms with van der Waals surface area (Å²) in [5.74, 6) is 0. The average molecular weight is 86.1 g/mol. The van der Waals surface area contributed by atoms with Crippen molar-refractivity contribution >= 4 is 0 Å². The molecule has 0 aromatic rings. The molecule has 0 aromatic carbocycles. The Morgan fingerprint density at radius 1 is 1.67 bits per heavy atom. The molecule has 0 aliphatic rings. The van der Waals surface area contributed by atoms with Crippen LogP contribution in [-0.2, 0) is 4.84 Å². The van der Waals surface area contributed by atoms with Crippen LogP contribution in [0.15, 0.2) is 0 Å². The van der Waals surface area contributed by atoms with Crippen LogP contribution < -0.4 is 0 Å². The van der Waals surface area contributed by atoms with Crippen LogP contribution >= 0.6 is 0 Å². The largest absolute Gasteiger partial charge is 0.328 e. The zero-order valence-electron chi connectivity index (χ0n) is 3.80. The van der Waals surface area contributed by atoms with E-state index in [4.69, 9.17) is 5.26 Å². The molecule has 0 rings (SSSR count). The molecular weight excluding hydrogens is 80.0 g/mol. The first kappa shape index (κ1) is 5.25. The topological polar surface area (TPSA) is 36.3 Å². The first-order valence-electron chi connectivity index (χ1n) is 1.50. The van der Waals surface area contributed by atoms with E-state index in [0.29, 0.717) is 0 Å². The minimum atomic E-state index is 1.32. The highest BCUT2D eigenvalue weighted by Gasteiger charge is 1.77. The van der Waals surface area contributed by atoms with Crippen molar-refractivity contribution in [1.29, 1.82) is 5.26 Å². The molecule has 0 radical (unpaired) electrons. The standard InChI is InChI=1S/C3H6N2O/c1-5(2)6-3-4/h1-2H3. The fraction of sp³-hybridized carbons (Fsp3) is 0.667. The van der Waals surface area contributed by atoms with Crippen LogP contribution in [0.4, 0.5) is 0 Å². The highest BCUT2D eigenvalue weighted by molar-refractivity contribution is 4.40. The van der Waals surface area contributed by atoms with Gasteiger partial charge in [0, 0.05) is 14.1 Å². The van der Waals surface area contributed by atoms with Gasteiger partial charge < -0.3 is 4.84 Å².